The average molecular weight is 349 g/mol. The summed E-state index contributed by atoms with van der Waals surface area (Å²) in [6, 6.07) is 20.3. The van der Waals surface area contributed by atoms with Crippen molar-refractivity contribution >= 4 is 28.3 Å². The SMILES string of the molecule is CCOC(=O)c1ccccc1OCC(=O)Nc1ccc2ccccc2c1. The molecule has 1 N–H and O–H groups in total. The van der Waals surface area contributed by atoms with Gasteiger partial charge in [0.15, 0.2) is 6.61 Å². The summed E-state index contributed by atoms with van der Waals surface area (Å²) in [4.78, 5) is 24.1. The van der Waals surface area contributed by atoms with Crippen LogP contribution in [-0.2, 0) is 9.53 Å². The van der Waals surface area contributed by atoms with E-state index in [1.165, 1.54) is 0 Å². The number of fused-ring (bicyclic) bond motifs is 1. The van der Waals surface area contributed by atoms with E-state index in [-0.39, 0.29) is 19.1 Å². The van der Waals surface area contributed by atoms with Gasteiger partial charge in [0.25, 0.3) is 5.91 Å². The van der Waals surface area contributed by atoms with Crippen molar-refractivity contribution in [2.75, 3.05) is 18.5 Å². The van der Waals surface area contributed by atoms with Gasteiger partial charge in [0.1, 0.15) is 11.3 Å². The quantitative estimate of drug-likeness (QED) is 0.682. The number of benzene rings is 3. The van der Waals surface area contributed by atoms with Crippen molar-refractivity contribution in [2.45, 2.75) is 6.92 Å². The third kappa shape index (κ3) is 4.19. The Kier molecular flexibility index (Phi) is 5.49. The number of esters is 1. The van der Waals surface area contributed by atoms with Crippen LogP contribution in [0.3, 0.4) is 0 Å². The van der Waals surface area contributed by atoms with Crippen LogP contribution in [0.25, 0.3) is 10.8 Å². The number of nitrogens with one attached hydrogen (secondary N) is 1. The lowest BCUT2D eigenvalue weighted by atomic mass is 10.1. The van der Waals surface area contributed by atoms with Gasteiger partial charge in [-0.2, -0.15) is 0 Å². The van der Waals surface area contributed by atoms with E-state index < -0.39 is 5.97 Å². The fourth-order valence-corrected chi connectivity index (χ4v) is 2.58. The molecular weight excluding hydrogens is 330 g/mol. The van der Waals surface area contributed by atoms with Gasteiger partial charge in [-0.25, -0.2) is 4.79 Å². The van der Waals surface area contributed by atoms with Crippen molar-refractivity contribution < 1.29 is 19.1 Å². The summed E-state index contributed by atoms with van der Waals surface area (Å²) in [5.41, 5.74) is 0.990. The van der Waals surface area contributed by atoms with Crippen molar-refractivity contribution in [1.82, 2.24) is 0 Å². The van der Waals surface area contributed by atoms with Crippen molar-refractivity contribution in [3.05, 3.63) is 72.3 Å². The predicted molar refractivity (Wildman–Crippen MR) is 100 cm³/mol. The number of carbonyl (C=O) groups is 2. The van der Waals surface area contributed by atoms with Gasteiger partial charge in [-0.05, 0) is 42.0 Å². The van der Waals surface area contributed by atoms with Gasteiger partial charge >= 0.3 is 5.97 Å². The van der Waals surface area contributed by atoms with Gasteiger partial charge in [-0.3, -0.25) is 4.79 Å². The molecule has 0 aliphatic carbocycles. The minimum Gasteiger partial charge on any atom is -0.483 e. The highest BCUT2D eigenvalue weighted by atomic mass is 16.5. The maximum Gasteiger partial charge on any atom is 0.341 e. The Morgan fingerprint density at radius 2 is 1.65 bits per heavy atom. The summed E-state index contributed by atoms with van der Waals surface area (Å²) >= 11 is 0. The number of rotatable bonds is 6. The van der Waals surface area contributed by atoms with E-state index in [4.69, 9.17) is 9.47 Å². The lowest BCUT2D eigenvalue weighted by Crippen LogP contribution is -2.21. The van der Waals surface area contributed by atoms with Gasteiger partial charge in [0.05, 0.1) is 6.61 Å². The Hall–Kier alpha value is -3.34. The number of hydrogen-bond donors (Lipinski definition) is 1. The number of hydrogen-bond acceptors (Lipinski definition) is 4. The molecule has 0 spiro atoms. The molecule has 5 heteroatoms. The van der Waals surface area contributed by atoms with Crippen LogP contribution in [0, 0.1) is 0 Å². The van der Waals surface area contributed by atoms with Crippen LogP contribution < -0.4 is 10.1 Å². The van der Waals surface area contributed by atoms with Gasteiger partial charge < -0.3 is 14.8 Å². The monoisotopic (exact) mass is 349 g/mol. The van der Waals surface area contributed by atoms with Gasteiger partial charge in [-0.1, -0.05) is 42.5 Å². The van der Waals surface area contributed by atoms with E-state index in [0.29, 0.717) is 17.0 Å². The van der Waals surface area contributed by atoms with Crippen LogP contribution >= 0.6 is 0 Å². The zero-order valence-electron chi connectivity index (χ0n) is 14.4. The summed E-state index contributed by atoms with van der Waals surface area (Å²) in [6.07, 6.45) is 0. The first-order valence-corrected chi connectivity index (χ1v) is 8.35. The topological polar surface area (TPSA) is 64.6 Å². The Labute approximate surface area is 151 Å². The molecule has 0 aliphatic heterocycles. The molecule has 0 atom stereocenters. The summed E-state index contributed by atoms with van der Waals surface area (Å²) < 4.78 is 10.5. The van der Waals surface area contributed by atoms with Gasteiger partial charge in [-0.15, -0.1) is 0 Å². The summed E-state index contributed by atoms with van der Waals surface area (Å²) in [5.74, 6) is -0.461. The number of amides is 1. The molecule has 0 unspecified atom stereocenters. The van der Waals surface area contributed by atoms with Crippen LogP contribution in [-0.4, -0.2) is 25.1 Å². The summed E-state index contributed by atoms with van der Waals surface area (Å²) in [7, 11) is 0. The minimum atomic E-state index is -0.474. The third-order valence-electron chi connectivity index (χ3n) is 3.77. The van der Waals surface area contributed by atoms with Crippen molar-refractivity contribution in [3.63, 3.8) is 0 Å². The van der Waals surface area contributed by atoms with Crippen LogP contribution in [0.15, 0.2) is 66.7 Å². The lowest BCUT2D eigenvalue weighted by molar-refractivity contribution is -0.118. The molecule has 0 heterocycles. The average Bonchev–Trinajstić information content (AvgIpc) is 2.66. The Morgan fingerprint density at radius 1 is 0.923 bits per heavy atom. The Morgan fingerprint density at radius 3 is 2.46 bits per heavy atom. The van der Waals surface area contributed by atoms with Crippen molar-refractivity contribution in [3.8, 4) is 5.75 Å². The molecule has 26 heavy (non-hydrogen) atoms. The van der Waals surface area contributed by atoms with Crippen LogP contribution in [0.2, 0.25) is 0 Å². The highest BCUT2D eigenvalue weighted by Crippen LogP contribution is 2.20. The minimum absolute atomic E-state index is 0.205. The highest BCUT2D eigenvalue weighted by molar-refractivity contribution is 5.96. The summed E-state index contributed by atoms with van der Waals surface area (Å²) in [5, 5.41) is 4.94. The Bertz CT molecular complexity index is 936. The number of ether oxygens (including phenoxy) is 2. The zero-order valence-corrected chi connectivity index (χ0v) is 14.4. The molecule has 0 saturated heterocycles. The molecule has 0 aliphatic rings. The molecule has 1 amide bonds. The van der Waals surface area contributed by atoms with E-state index in [9.17, 15) is 9.59 Å². The fraction of sp³-hybridized carbons (Fsp3) is 0.143. The molecular formula is C21H19NO4. The van der Waals surface area contributed by atoms with Crippen molar-refractivity contribution in [2.24, 2.45) is 0 Å². The fourth-order valence-electron chi connectivity index (χ4n) is 2.58. The number of carbonyl (C=O) groups excluding carboxylic acids is 2. The van der Waals surface area contributed by atoms with E-state index >= 15 is 0 Å². The molecule has 3 rings (SSSR count). The molecule has 0 saturated carbocycles. The summed E-state index contributed by atoms with van der Waals surface area (Å²) in [6.45, 7) is 1.80. The van der Waals surface area contributed by atoms with Crippen molar-refractivity contribution in [1.29, 1.82) is 0 Å². The molecule has 132 valence electrons. The molecule has 3 aromatic rings. The molecule has 0 aromatic heterocycles. The normalized spacial score (nSPS) is 10.3. The van der Waals surface area contributed by atoms with Gasteiger partial charge in [0.2, 0.25) is 0 Å². The van der Waals surface area contributed by atoms with Crippen LogP contribution in [0.5, 0.6) is 5.75 Å². The second-order valence-electron chi connectivity index (χ2n) is 5.62. The number of anilines is 1. The maximum atomic E-state index is 12.2. The highest BCUT2D eigenvalue weighted by Gasteiger charge is 2.14. The predicted octanol–water partition coefficient (Wildman–Crippen LogP) is 4.03. The standard InChI is InChI=1S/C21H19NO4/c1-2-25-21(24)18-9-5-6-10-19(18)26-14-20(23)22-17-12-11-15-7-3-4-8-16(15)13-17/h3-13H,2,14H2,1H3,(H,22,23). The zero-order chi connectivity index (χ0) is 18.4. The molecule has 0 fully saturated rings. The van der Waals surface area contributed by atoms with Gasteiger partial charge in [0, 0.05) is 5.69 Å². The molecule has 5 nitrogen and oxygen atoms in total. The first-order valence-electron chi connectivity index (χ1n) is 8.35. The largest absolute Gasteiger partial charge is 0.483 e. The maximum absolute atomic E-state index is 12.2. The van der Waals surface area contributed by atoms with E-state index in [0.717, 1.165) is 10.8 Å². The lowest BCUT2D eigenvalue weighted by Gasteiger charge is -2.11. The molecule has 0 radical (unpaired) electrons. The molecule has 3 aromatic carbocycles. The second-order valence-corrected chi connectivity index (χ2v) is 5.62. The first-order chi connectivity index (χ1) is 12.7. The Balaban J connectivity index is 1.64. The van der Waals surface area contributed by atoms with E-state index in [1.54, 1.807) is 31.2 Å². The third-order valence-corrected chi connectivity index (χ3v) is 3.77. The van der Waals surface area contributed by atoms with Crippen LogP contribution in [0.1, 0.15) is 17.3 Å². The smallest absolute Gasteiger partial charge is 0.341 e. The van der Waals surface area contributed by atoms with E-state index in [2.05, 4.69) is 5.32 Å². The van der Waals surface area contributed by atoms with E-state index in [1.807, 2.05) is 42.5 Å². The molecule has 0 bridgehead atoms. The number of para-hydroxylation sites is 1. The first kappa shape index (κ1) is 17.5. The van der Waals surface area contributed by atoms with Crippen LogP contribution in [0.4, 0.5) is 5.69 Å². The second kappa shape index (κ2) is 8.16.